The van der Waals surface area contributed by atoms with Crippen molar-refractivity contribution in [2.75, 3.05) is 13.1 Å². The third-order valence-corrected chi connectivity index (χ3v) is 7.56. The van der Waals surface area contributed by atoms with Crippen LogP contribution in [0.2, 0.25) is 0 Å². The number of nitrogens with zero attached hydrogens (tertiary/aromatic N) is 5. The molecule has 0 aliphatic carbocycles. The standard InChI is InChI=1S/C33H37N5O4/c1-32(2,3)42-31(41)38-26-17-9-8-16-25(26)35-28(38)22-36(33(4,5)27-18-10-11-19-34-27)20-12-13-21-37-29(39)23-14-6-7-15-24(23)30(37)40/h6-11,14-19H,12-13,20-22H2,1-5H3. The third kappa shape index (κ3) is 5.83. The molecule has 2 aromatic carbocycles. The van der Waals surface area contributed by atoms with E-state index in [2.05, 4.69) is 23.7 Å². The molecule has 9 heteroatoms. The van der Waals surface area contributed by atoms with Gasteiger partial charge in [-0.05, 0) is 90.4 Å². The van der Waals surface area contributed by atoms with Crippen LogP contribution in [0.3, 0.4) is 0 Å². The molecule has 1 aliphatic heterocycles. The Morgan fingerprint density at radius 3 is 2.14 bits per heavy atom. The fraction of sp³-hybridized carbons (Fsp3) is 0.364. The number of unbranched alkanes of at least 4 members (excludes halogenated alkanes) is 1. The number of amides is 2. The molecule has 5 rings (SSSR count). The lowest BCUT2D eigenvalue weighted by Gasteiger charge is -2.38. The van der Waals surface area contributed by atoms with Gasteiger partial charge in [-0.2, -0.15) is 0 Å². The Labute approximate surface area is 246 Å². The van der Waals surface area contributed by atoms with Gasteiger partial charge in [-0.15, -0.1) is 0 Å². The van der Waals surface area contributed by atoms with Crippen LogP contribution < -0.4 is 0 Å². The first-order valence-electron chi connectivity index (χ1n) is 14.3. The molecule has 0 saturated carbocycles. The SMILES string of the molecule is CC(C)(C)OC(=O)n1c(CN(CCCCN2C(=O)c3ccccc3C2=O)C(C)(C)c2ccccn2)nc2ccccc21. The van der Waals surface area contributed by atoms with E-state index in [0.717, 1.165) is 5.69 Å². The van der Waals surface area contributed by atoms with Crippen LogP contribution in [-0.4, -0.2) is 60.9 Å². The summed E-state index contributed by atoms with van der Waals surface area (Å²) in [4.78, 5) is 52.2. The molecule has 0 N–H and O–H groups in total. The average Bonchev–Trinajstić information content (AvgIpc) is 3.44. The fourth-order valence-electron chi connectivity index (χ4n) is 5.32. The van der Waals surface area contributed by atoms with Gasteiger partial charge in [0.05, 0.1) is 39.9 Å². The van der Waals surface area contributed by atoms with Crippen LogP contribution in [0.5, 0.6) is 0 Å². The van der Waals surface area contributed by atoms with Crippen molar-refractivity contribution in [1.82, 2.24) is 24.3 Å². The van der Waals surface area contributed by atoms with Gasteiger partial charge in [0.15, 0.2) is 0 Å². The van der Waals surface area contributed by atoms with Crippen LogP contribution in [-0.2, 0) is 16.8 Å². The van der Waals surface area contributed by atoms with Crippen LogP contribution in [0, 0.1) is 0 Å². The van der Waals surface area contributed by atoms with E-state index in [9.17, 15) is 14.4 Å². The molecule has 0 bridgehead atoms. The predicted molar refractivity (Wildman–Crippen MR) is 160 cm³/mol. The second-order valence-corrected chi connectivity index (χ2v) is 12.0. The molecule has 3 heterocycles. The van der Waals surface area contributed by atoms with Gasteiger partial charge in [-0.25, -0.2) is 14.3 Å². The second-order valence-electron chi connectivity index (χ2n) is 12.0. The van der Waals surface area contributed by atoms with Gasteiger partial charge in [0.1, 0.15) is 11.4 Å². The number of ether oxygens (including phenoxy) is 1. The smallest absolute Gasteiger partial charge is 0.420 e. The lowest BCUT2D eigenvalue weighted by molar-refractivity contribution is 0.0519. The van der Waals surface area contributed by atoms with E-state index in [1.807, 2.05) is 63.2 Å². The summed E-state index contributed by atoms with van der Waals surface area (Å²) in [6.45, 7) is 11.0. The highest BCUT2D eigenvalue weighted by molar-refractivity contribution is 6.21. The number of benzene rings is 2. The minimum Gasteiger partial charge on any atom is -0.443 e. The molecule has 2 amide bonds. The number of imide groups is 1. The fourth-order valence-corrected chi connectivity index (χ4v) is 5.32. The van der Waals surface area contributed by atoms with Crippen LogP contribution in [0.4, 0.5) is 4.79 Å². The van der Waals surface area contributed by atoms with Crippen molar-refractivity contribution < 1.29 is 19.1 Å². The zero-order chi connectivity index (χ0) is 30.1. The third-order valence-electron chi connectivity index (χ3n) is 7.56. The van der Waals surface area contributed by atoms with E-state index in [1.54, 1.807) is 35.0 Å². The van der Waals surface area contributed by atoms with E-state index in [1.165, 1.54) is 4.90 Å². The highest BCUT2D eigenvalue weighted by Crippen LogP contribution is 2.30. The maximum atomic E-state index is 13.4. The topological polar surface area (TPSA) is 97.6 Å². The van der Waals surface area contributed by atoms with E-state index < -0.39 is 17.2 Å². The molecule has 0 fully saturated rings. The molecule has 42 heavy (non-hydrogen) atoms. The van der Waals surface area contributed by atoms with Gasteiger partial charge < -0.3 is 4.74 Å². The lowest BCUT2D eigenvalue weighted by Crippen LogP contribution is -2.43. The Bertz CT molecular complexity index is 1590. The summed E-state index contributed by atoms with van der Waals surface area (Å²) in [6, 6.07) is 20.3. The van der Waals surface area contributed by atoms with Crippen molar-refractivity contribution >= 4 is 28.9 Å². The Kier molecular flexibility index (Phi) is 7.97. The number of carbonyl (C=O) groups excluding carboxylic acids is 3. The van der Waals surface area contributed by atoms with Crippen LogP contribution in [0.25, 0.3) is 11.0 Å². The molecule has 4 aromatic rings. The summed E-state index contributed by atoms with van der Waals surface area (Å²) in [5, 5.41) is 0. The highest BCUT2D eigenvalue weighted by Gasteiger charge is 2.35. The molecule has 0 atom stereocenters. The molecule has 0 radical (unpaired) electrons. The Balaban J connectivity index is 1.39. The Morgan fingerprint density at radius 1 is 0.857 bits per heavy atom. The number of para-hydroxylation sites is 2. The van der Waals surface area contributed by atoms with Gasteiger partial charge in [0.2, 0.25) is 0 Å². The molecule has 2 aromatic heterocycles. The minimum atomic E-state index is -0.670. The molecule has 0 spiro atoms. The maximum Gasteiger partial charge on any atom is 0.420 e. The van der Waals surface area contributed by atoms with Gasteiger partial charge >= 0.3 is 6.09 Å². The number of aromatic nitrogens is 3. The molecule has 218 valence electrons. The van der Waals surface area contributed by atoms with E-state index in [4.69, 9.17) is 9.72 Å². The first kappa shape index (κ1) is 29.1. The van der Waals surface area contributed by atoms with Gasteiger partial charge in [0, 0.05) is 12.7 Å². The van der Waals surface area contributed by atoms with Crippen molar-refractivity contribution in [3.8, 4) is 0 Å². The normalized spacial score (nSPS) is 13.7. The van der Waals surface area contributed by atoms with E-state index in [-0.39, 0.29) is 11.8 Å². The van der Waals surface area contributed by atoms with Crippen LogP contribution >= 0.6 is 0 Å². The molecule has 0 unspecified atom stereocenters. The van der Waals surface area contributed by atoms with Crippen molar-refractivity contribution in [2.24, 2.45) is 0 Å². The number of rotatable bonds is 9. The lowest BCUT2D eigenvalue weighted by atomic mass is 9.96. The van der Waals surface area contributed by atoms with Gasteiger partial charge in [-0.1, -0.05) is 30.3 Å². The summed E-state index contributed by atoms with van der Waals surface area (Å²) >= 11 is 0. The van der Waals surface area contributed by atoms with E-state index >= 15 is 0 Å². The number of imidazole rings is 1. The van der Waals surface area contributed by atoms with Crippen molar-refractivity contribution in [3.63, 3.8) is 0 Å². The van der Waals surface area contributed by atoms with E-state index in [0.29, 0.717) is 60.5 Å². The monoisotopic (exact) mass is 567 g/mol. The first-order valence-corrected chi connectivity index (χ1v) is 14.3. The highest BCUT2D eigenvalue weighted by atomic mass is 16.6. The van der Waals surface area contributed by atoms with Crippen molar-refractivity contribution in [1.29, 1.82) is 0 Å². The minimum absolute atomic E-state index is 0.243. The quantitative estimate of drug-likeness (QED) is 0.180. The number of pyridine rings is 1. The summed E-state index contributed by atoms with van der Waals surface area (Å²) in [5.74, 6) is 0.0782. The average molecular weight is 568 g/mol. The maximum absolute atomic E-state index is 13.4. The second kappa shape index (κ2) is 11.5. The summed E-state index contributed by atoms with van der Waals surface area (Å²) in [6.07, 6.45) is 2.62. The zero-order valence-electron chi connectivity index (χ0n) is 24.8. The molecular weight excluding hydrogens is 530 g/mol. The first-order chi connectivity index (χ1) is 20.0. The summed E-state index contributed by atoms with van der Waals surface area (Å²) < 4.78 is 7.33. The molecule has 0 saturated heterocycles. The van der Waals surface area contributed by atoms with Crippen LogP contribution in [0.1, 0.15) is 79.7 Å². The van der Waals surface area contributed by atoms with Gasteiger partial charge in [0.25, 0.3) is 11.8 Å². The molecule has 1 aliphatic rings. The number of fused-ring (bicyclic) bond motifs is 2. The van der Waals surface area contributed by atoms with Crippen molar-refractivity contribution in [3.05, 3.63) is 95.6 Å². The largest absolute Gasteiger partial charge is 0.443 e. The zero-order valence-corrected chi connectivity index (χ0v) is 24.8. The number of hydrogen-bond donors (Lipinski definition) is 0. The summed E-state index contributed by atoms with van der Waals surface area (Å²) in [5.41, 5.74) is 2.00. The number of hydrogen-bond acceptors (Lipinski definition) is 7. The molecule has 9 nitrogen and oxygen atoms in total. The van der Waals surface area contributed by atoms with Gasteiger partial charge in [-0.3, -0.25) is 24.4 Å². The van der Waals surface area contributed by atoms with Crippen LogP contribution in [0.15, 0.2) is 72.9 Å². The summed E-state index contributed by atoms with van der Waals surface area (Å²) in [7, 11) is 0. The predicted octanol–water partition coefficient (Wildman–Crippen LogP) is 6.03. The molecular formula is C33H37N5O4. The Morgan fingerprint density at radius 2 is 1.50 bits per heavy atom. The number of carbonyl (C=O) groups is 3. The Hall–Kier alpha value is -4.37. The van der Waals surface area contributed by atoms with Crippen molar-refractivity contribution in [2.45, 2.75) is 65.1 Å².